The summed E-state index contributed by atoms with van der Waals surface area (Å²) >= 11 is 6.13. The van der Waals surface area contributed by atoms with Crippen molar-refractivity contribution < 1.29 is 4.74 Å². The maximum atomic E-state index is 6.13. The second-order valence-corrected chi connectivity index (χ2v) is 3.62. The molecule has 0 bridgehead atoms. The minimum absolute atomic E-state index is 0.137. The molecular weight excluding hydrogens is 198 g/mol. The second-order valence-electron chi connectivity index (χ2n) is 3.24. The summed E-state index contributed by atoms with van der Waals surface area (Å²) in [4.78, 5) is 0. The van der Waals surface area contributed by atoms with E-state index in [1.54, 1.807) is 0 Å². The number of hydrogen-bond donors (Lipinski definition) is 1. The van der Waals surface area contributed by atoms with Crippen LogP contribution in [-0.4, -0.2) is 13.2 Å². The molecule has 78 valence electrons. The summed E-state index contributed by atoms with van der Waals surface area (Å²) in [6.45, 7) is 5.11. The highest BCUT2D eigenvalue weighted by Gasteiger charge is 2.10. The molecule has 2 N–H and O–H groups in total. The van der Waals surface area contributed by atoms with Crippen LogP contribution in [0.25, 0.3) is 0 Å². The molecule has 1 aromatic carbocycles. The van der Waals surface area contributed by atoms with Crippen LogP contribution >= 0.6 is 11.6 Å². The van der Waals surface area contributed by atoms with Crippen LogP contribution in [0, 0.1) is 6.92 Å². The van der Waals surface area contributed by atoms with E-state index in [1.165, 1.54) is 0 Å². The number of benzene rings is 1. The molecule has 0 fully saturated rings. The maximum absolute atomic E-state index is 6.13. The van der Waals surface area contributed by atoms with E-state index in [0.717, 1.165) is 16.1 Å². The lowest BCUT2D eigenvalue weighted by molar-refractivity contribution is 0.133. The van der Waals surface area contributed by atoms with Gasteiger partial charge in [0.25, 0.3) is 0 Å². The fourth-order valence-electron chi connectivity index (χ4n) is 1.29. The summed E-state index contributed by atoms with van der Waals surface area (Å²) in [5.74, 6) is 0. The van der Waals surface area contributed by atoms with Gasteiger partial charge in [-0.25, -0.2) is 0 Å². The molecule has 0 aliphatic carbocycles. The summed E-state index contributed by atoms with van der Waals surface area (Å²) in [6.07, 6.45) is 0. The highest BCUT2D eigenvalue weighted by molar-refractivity contribution is 6.32. The summed E-state index contributed by atoms with van der Waals surface area (Å²) in [5.41, 5.74) is 7.95. The van der Waals surface area contributed by atoms with E-state index in [4.69, 9.17) is 22.1 Å². The van der Waals surface area contributed by atoms with Crippen molar-refractivity contribution in [1.82, 2.24) is 0 Å². The van der Waals surface area contributed by atoms with Crippen molar-refractivity contribution in [2.45, 2.75) is 19.9 Å². The van der Waals surface area contributed by atoms with Crippen LogP contribution in [0.2, 0.25) is 5.02 Å². The Balaban J connectivity index is 2.79. The van der Waals surface area contributed by atoms with Crippen LogP contribution in [-0.2, 0) is 4.74 Å². The van der Waals surface area contributed by atoms with Gasteiger partial charge in [-0.3, -0.25) is 0 Å². The zero-order valence-electron chi connectivity index (χ0n) is 8.59. The summed E-state index contributed by atoms with van der Waals surface area (Å²) in [6, 6.07) is 5.74. The van der Waals surface area contributed by atoms with Gasteiger partial charge in [0.05, 0.1) is 12.6 Å². The van der Waals surface area contributed by atoms with Gasteiger partial charge in [0.15, 0.2) is 0 Å². The largest absolute Gasteiger partial charge is 0.380 e. The third-order valence-corrected chi connectivity index (χ3v) is 2.64. The minimum atomic E-state index is -0.137. The van der Waals surface area contributed by atoms with E-state index in [-0.39, 0.29) is 6.04 Å². The molecule has 3 heteroatoms. The maximum Gasteiger partial charge on any atom is 0.0659 e. The third-order valence-electron chi connectivity index (χ3n) is 2.12. The molecule has 0 amide bonds. The molecule has 1 atom stereocenters. The number of halogens is 1. The van der Waals surface area contributed by atoms with E-state index < -0.39 is 0 Å². The number of ether oxygens (including phenoxy) is 1. The fraction of sp³-hybridized carbons (Fsp3) is 0.455. The van der Waals surface area contributed by atoms with Gasteiger partial charge in [0, 0.05) is 11.6 Å². The van der Waals surface area contributed by atoms with Crippen LogP contribution in [0.1, 0.15) is 24.1 Å². The van der Waals surface area contributed by atoms with E-state index in [0.29, 0.717) is 13.2 Å². The predicted octanol–water partition coefficient (Wildman–Crippen LogP) is 2.68. The molecule has 0 aromatic heterocycles. The highest BCUT2D eigenvalue weighted by Crippen LogP contribution is 2.24. The molecule has 0 spiro atoms. The Bertz CT molecular complexity index is 301. The van der Waals surface area contributed by atoms with Crippen LogP contribution in [0.15, 0.2) is 18.2 Å². The molecule has 2 nitrogen and oxygen atoms in total. The molecule has 1 unspecified atom stereocenters. The van der Waals surface area contributed by atoms with Gasteiger partial charge in [0.2, 0.25) is 0 Å². The highest BCUT2D eigenvalue weighted by atomic mass is 35.5. The Morgan fingerprint density at radius 1 is 1.50 bits per heavy atom. The van der Waals surface area contributed by atoms with E-state index >= 15 is 0 Å². The third kappa shape index (κ3) is 2.71. The second kappa shape index (κ2) is 5.35. The van der Waals surface area contributed by atoms with Crippen molar-refractivity contribution in [2.75, 3.05) is 13.2 Å². The zero-order chi connectivity index (χ0) is 10.6. The van der Waals surface area contributed by atoms with E-state index in [2.05, 4.69) is 0 Å². The van der Waals surface area contributed by atoms with Crippen LogP contribution in [0.4, 0.5) is 0 Å². The zero-order valence-corrected chi connectivity index (χ0v) is 9.34. The Hall–Kier alpha value is -0.570. The molecule has 0 aliphatic rings. The average molecular weight is 214 g/mol. The lowest BCUT2D eigenvalue weighted by Gasteiger charge is -2.14. The summed E-state index contributed by atoms with van der Waals surface area (Å²) in [7, 11) is 0. The van der Waals surface area contributed by atoms with Crippen molar-refractivity contribution in [1.29, 1.82) is 0 Å². The van der Waals surface area contributed by atoms with Gasteiger partial charge in [-0.2, -0.15) is 0 Å². The quantitative estimate of drug-likeness (QED) is 0.835. The first-order valence-electron chi connectivity index (χ1n) is 4.75. The summed E-state index contributed by atoms with van der Waals surface area (Å²) in [5, 5.41) is 0.750. The topological polar surface area (TPSA) is 35.2 Å². The molecule has 0 saturated carbocycles. The lowest BCUT2D eigenvalue weighted by Crippen LogP contribution is -2.17. The predicted molar refractivity (Wildman–Crippen MR) is 59.6 cm³/mol. The van der Waals surface area contributed by atoms with Crippen molar-refractivity contribution >= 4 is 11.6 Å². The molecular formula is C11H16ClNO. The van der Waals surface area contributed by atoms with Crippen molar-refractivity contribution in [3.8, 4) is 0 Å². The fourth-order valence-corrected chi connectivity index (χ4v) is 1.56. The molecule has 1 aromatic rings. The number of hydrogen-bond acceptors (Lipinski definition) is 2. The lowest BCUT2D eigenvalue weighted by atomic mass is 10.1. The van der Waals surface area contributed by atoms with E-state index in [1.807, 2.05) is 32.0 Å². The minimum Gasteiger partial charge on any atom is -0.380 e. The van der Waals surface area contributed by atoms with Gasteiger partial charge >= 0.3 is 0 Å². The molecule has 1 rings (SSSR count). The standard InChI is InChI=1S/C11H16ClNO/c1-3-14-7-10(13)9-6-4-5-8(2)11(9)12/h4-6,10H,3,7,13H2,1-2H3. The SMILES string of the molecule is CCOCC(N)c1cccc(C)c1Cl. The molecule has 0 saturated heterocycles. The first-order valence-corrected chi connectivity index (χ1v) is 5.13. The first-order chi connectivity index (χ1) is 6.66. The van der Waals surface area contributed by atoms with Gasteiger partial charge in [-0.1, -0.05) is 29.8 Å². The molecule has 0 heterocycles. The molecule has 14 heavy (non-hydrogen) atoms. The van der Waals surface area contributed by atoms with Crippen LogP contribution in [0.5, 0.6) is 0 Å². The number of nitrogens with two attached hydrogens (primary N) is 1. The Morgan fingerprint density at radius 2 is 2.21 bits per heavy atom. The summed E-state index contributed by atoms with van der Waals surface area (Å²) < 4.78 is 5.26. The molecule has 0 aliphatic heterocycles. The first kappa shape index (κ1) is 11.5. The van der Waals surface area contributed by atoms with Gasteiger partial charge in [0.1, 0.15) is 0 Å². The smallest absolute Gasteiger partial charge is 0.0659 e. The number of rotatable bonds is 4. The van der Waals surface area contributed by atoms with Crippen molar-refractivity contribution in [3.63, 3.8) is 0 Å². The van der Waals surface area contributed by atoms with Gasteiger partial charge < -0.3 is 10.5 Å². The number of aryl methyl sites for hydroxylation is 1. The van der Waals surface area contributed by atoms with Crippen molar-refractivity contribution in [2.24, 2.45) is 5.73 Å². The Kier molecular flexibility index (Phi) is 4.39. The van der Waals surface area contributed by atoms with Crippen molar-refractivity contribution in [3.05, 3.63) is 34.3 Å². The van der Waals surface area contributed by atoms with Crippen LogP contribution < -0.4 is 5.73 Å². The van der Waals surface area contributed by atoms with Crippen LogP contribution in [0.3, 0.4) is 0 Å². The Morgan fingerprint density at radius 3 is 2.86 bits per heavy atom. The Labute approximate surface area is 90.0 Å². The molecule has 0 radical (unpaired) electrons. The normalized spacial score (nSPS) is 12.9. The van der Waals surface area contributed by atoms with E-state index in [9.17, 15) is 0 Å². The average Bonchev–Trinajstić information content (AvgIpc) is 2.18. The monoisotopic (exact) mass is 213 g/mol. The van der Waals surface area contributed by atoms with Gasteiger partial charge in [-0.05, 0) is 25.0 Å². The van der Waals surface area contributed by atoms with Gasteiger partial charge in [-0.15, -0.1) is 0 Å².